The van der Waals surface area contributed by atoms with Crippen LogP contribution in [0.25, 0.3) is 5.69 Å². The maximum atomic E-state index is 4.15. The summed E-state index contributed by atoms with van der Waals surface area (Å²) in [5.74, 6) is 0.910. The van der Waals surface area contributed by atoms with E-state index in [0.717, 1.165) is 17.2 Å². The highest BCUT2D eigenvalue weighted by Gasteiger charge is 1.98. The largest absolute Gasteiger partial charge is 0.378 e. The first-order valence-corrected chi connectivity index (χ1v) is 5.61. The van der Waals surface area contributed by atoms with Crippen LogP contribution < -0.4 is 5.32 Å². The van der Waals surface area contributed by atoms with Crippen molar-refractivity contribution in [1.29, 1.82) is 0 Å². The fourth-order valence-corrected chi connectivity index (χ4v) is 1.64. The molecule has 1 aromatic carbocycles. The van der Waals surface area contributed by atoms with Crippen molar-refractivity contribution in [1.82, 2.24) is 25.0 Å². The number of benzene rings is 1. The minimum Gasteiger partial charge on any atom is -0.378 e. The van der Waals surface area contributed by atoms with Gasteiger partial charge in [-0.05, 0) is 24.3 Å². The Hall–Kier alpha value is -2.63. The van der Waals surface area contributed by atoms with E-state index in [9.17, 15) is 0 Å². The Morgan fingerprint density at radius 3 is 2.50 bits per heavy atom. The highest BCUT2D eigenvalue weighted by Crippen LogP contribution is 2.12. The second-order valence-corrected chi connectivity index (χ2v) is 3.75. The molecule has 0 atom stereocenters. The van der Waals surface area contributed by atoms with Crippen molar-refractivity contribution in [2.75, 3.05) is 5.32 Å². The topological polar surface area (TPSA) is 71.4 Å². The summed E-state index contributed by atoms with van der Waals surface area (Å²) in [7, 11) is 0. The first-order valence-electron chi connectivity index (χ1n) is 5.61. The van der Waals surface area contributed by atoms with Gasteiger partial charge >= 0.3 is 0 Å². The number of nitrogens with zero attached hydrogens (tertiary/aromatic N) is 4. The first-order chi connectivity index (χ1) is 8.92. The summed E-state index contributed by atoms with van der Waals surface area (Å²) >= 11 is 0. The van der Waals surface area contributed by atoms with Gasteiger partial charge in [0.15, 0.2) is 0 Å². The Labute approximate surface area is 104 Å². The molecule has 18 heavy (non-hydrogen) atoms. The lowest BCUT2D eigenvalue weighted by Crippen LogP contribution is -2.02. The van der Waals surface area contributed by atoms with Gasteiger partial charge in [0.25, 0.3) is 0 Å². The van der Waals surface area contributed by atoms with E-state index in [0.29, 0.717) is 6.54 Å². The standard InChI is InChI=1S/C12H12N6/c1-3-11(18-16-7-8-17-18)4-2-10(1)15-9-12-13-5-6-14-12/h1-8,15H,9H2,(H,13,14). The van der Waals surface area contributed by atoms with Gasteiger partial charge in [-0.3, -0.25) is 0 Å². The molecule has 0 radical (unpaired) electrons. The van der Waals surface area contributed by atoms with Crippen molar-refractivity contribution in [2.45, 2.75) is 6.54 Å². The average molecular weight is 240 g/mol. The molecule has 0 saturated heterocycles. The van der Waals surface area contributed by atoms with E-state index >= 15 is 0 Å². The fraction of sp³-hybridized carbons (Fsp3) is 0.0833. The molecule has 2 aromatic heterocycles. The maximum Gasteiger partial charge on any atom is 0.125 e. The summed E-state index contributed by atoms with van der Waals surface area (Å²) < 4.78 is 0. The molecule has 0 unspecified atom stereocenters. The number of imidazole rings is 1. The van der Waals surface area contributed by atoms with E-state index < -0.39 is 0 Å². The van der Waals surface area contributed by atoms with Gasteiger partial charge in [-0.2, -0.15) is 15.0 Å². The van der Waals surface area contributed by atoms with Crippen LogP contribution in [0.15, 0.2) is 49.1 Å². The highest BCUT2D eigenvalue weighted by molar-refractivity contribution is 5.48. The van der Waals surface area contributed by atoms with Crippen molar-refractivity contribution >= 4 is 5.69 Å². The van der Waals surface area contributed by atoms with Gasteiger partial charge in [0.2, 0.25) is 0 Å². The van der Waals surface area contributed by atoms with Crippen molar-refractivity contribution in [2.24, 2.45) is 0 Å². The molecule has 90 valence electrons. The van der Waals surface area contributed by atoms with Gasteiger partial charge in [0, 0.05) is 18.1 Å². The normalized spacial score (nSPS) is 10.4. The van der Waals surface area contributed by atoms with E-state index in [4.69, 9.17) is 0 Å². The summed E-state index contributed by atoms with van der Waals surface area (Å²) in [6.45, 7) is 0.673. The Morgan fingerprint density at radius 1 is 1.06 bits per heavy atom. The molecule has 2 N–H and O–H groups in total. The second-order valence-electron chi connectivity index (χ2n) is 3.75. The SMILES string of the molecule is c1c[nH]c(CNc2ccc(-n3nccn3)cc2)n1. The molecular formula is C12H12N6. The quantitative estimate of drug-likeness (QED) is 0.726. The number of aromatic amines is 1. The summed E-state index contributed by atoms with van der Waals surface area (Å²) in [4.78, 5) is 8.77. The van der Waals surface area contributed by atoms with Crippen LogP contribution in [0.4, 0.5) is 5.69 Å². The zero-order valence-electron chi connectivity index (χ0n) is 9.61. The van der Waals surface area contributed by atoms with Crippen LogP contribution in [0.5, 0.6) is 0 Å². The molecule has 0 amide bonds. The van der Waals surface area contributed by atoms with Crippen molar-refractivity contribution in [3.8, 4) is 5.69 Å². The molecule has 0 aliphatic rings. The first kappa shape index (κ1) is 10.5. The van der Waals surface area contributed by atoms with E-state index in [1.165, 1.54) is 0 Å². The molecule has 0 aliphatic heterocycles. The lowest BCUT2D eigenvalue weighted by Gasteiger charge is -2.05. The minimum atomic E-state index is 0.673. The van der Waals surface area contributed by atoms with Crippen molar-refractivity contribution in [3.05, 3.63) is 54.9 Å². The second kappa shape index (κ2) is 4.70. The lowest BCUT2D eigenvalue weighted by atomic mass is 10.3. The number of nitrogens with one attached hydrogen (secondary N) is 2. The van der Waals surface area contributed by atoms with Crippen LogP contribution in [0.2, 0.25) is 0 Å². The number of aromatic nitrogens is 5. The van der Waals surface area contributed by atoms with Gasteiger partial charge in [-0.15, -0.1) is 0 Å². The van der Waals surface area contributed by atoms with Crippen LogP contribution in [0.3, 0.4) is 0 Å². The molecule has 6 heteroatoms. The minimum absolute atomic E-state index is 0.673. The summed E-state index contributed by atoms with van der Waals surface area (Å²) in [6, 6.07) is 7.90. The van der Waals surface area contributed by atoms with Crippen molar-refractivity contribution in [3.63, 3.8) is 0 Å². The molecule has 0 fully saturated rings. The monoisotopic (exact) mass is 240 g/mol. The maximum absolute atomic E-state index is 4.15. The molecule has 3 rings (SSSR count). The van der Waals surface area contributed by atoms with Crippen molar-refractivity contribution < 1.29 is 0 Å². The van der Waals surface area contributed by atoms with Gasteiger partial charge < -0.3 is 10.3 Å². The van der Waals surface area contributed by atoms with Crippen LogP contribution >= 0.6 is 0 Å². The third-order valence-electron chi connectivity index (χ3n) is 2.53. The van der Waals surface area contributed by atoms with Crippen LogP contribution in [-0.2, 0) is 6.54 Å². The smallest absolute Gasteiger partial charge is 0.125 e. The Bertz CT molecular complexity index is 582. The van der Waals surface area contributed by atoms with Crippen LogP contribution in [0.1, 0.15) is 5.82 Å². The van der Waals surface area contributed by atoms with Crippen LogP contribution in [0, 0.1) is 0 Å². The van der Waals surface area contributed by atoms with E-state index in [1.807, 2.05) is 30.5 Å². The van der Waals surface area contributed by atoms with Gasteiger partial charge in [-0.25, -0.2) is 4.98 Å². The predicted molar refractivity (Wildman–Crippen MR) is 67.3 cm³/mol. The molecule has 3 aromatic rings. The Kier molecular flexibility index (Phi) is 2.75. The third kappa shape index (κ3) is 2.22. The molecule has 0 saturated carbocycles. The molecule has 0 spiro atoms. The zero-order valence-corrected chi connectivity index (χ0v) is 9.61. The number of hydrogen-bond donors (Lipinski definition) is 2. The fourth-order valence-electron chi connectivity index (χ4n) is 1.64. The molecule has 0 aliphatic carbocycles. The third-order valence-corrected chi connectivity index (χ3v) is 2.53. The zero-order chi connectivity index (χ0) is 12.2. The number of anilines is 1. The van der Waals surface area contributed by atoms with Crippen LogP contribution in [-0.4, -0.2) is 25.0 Å². The number of H-pyrrole nitrogens is 1. The Balaban J connectivity index is 1.68. The molecule has 2 heterocycles. The Morgan fingerprint density at radius 2 is 1.83 bits per heavy atom. The number of rotatable bonds is 4. The van der Waals surface area contributed by atoms with E-state index in [1.54, 1.807) is 23.4 Å². The van der Waals surface area contributed by atoms with Gasteiger partial charge in [0.05, 0.1) is 24.6 Å². The molecule has 6 nitrogen and oxygen atoms in total. The average Bonchev–Trinajstić information content (AvgIpc) is 3.10. The summed E-state index contributed by atoms with van der Waals surface area (Å²) in [5.41, 5.74) is 1.96. The van der Waals surface area contributed by atoms with Gasteiger partial charge in [0.1, 0.15) is 5.82 Å². The van der Waals surface area contributed by atoms with Gasteiger partial charge in [-0.1, -0.05) is 0 Å². The molecule has 0 bridgehead atoms. The number of hydrogen-bond acceptors (Lipinski definition) is 4. The highest BCUT2D eigenvalue weighted by atomic mass is 15.5. The lowest BCUT2D eigenvalue weighted by molar-refractivity contribution is 0.752. The van der Waals surface area contributed by atoms with E-state index in [-0.39, 0.29) is 0 Å². The summed E-state index contributed by atoms with van der Waals surface area (Å²) in [5, 5.41) is 11.4. The predicted octanol–water partition coefficient (Wildman–Crippen LogP) is 1.60. The molecular weight excluding hydrogens is 228 g/mol. The summed E-state index contributed by atoms with van der Waals surface area (Å²) in [6.07, 6.45) is 6.86. The van der Waals surface area contributed by atoms with E-state index in [2.05, 4.69) is 25.5 Å².